The third-order valence-corrected chi connectivity index (χ3v) is 2.97. The number of amides is 1. The molecule has 0 bridgehead atoms. The van der Waals surface area contributed by atoms with Gasteiger partial charge < -0.3 is 15.6 Å². The van der Waals surface area contributed by atoms with E-state index in [1.165, 1.54) is 0 Å². The Morgan fingerprint density at radius 1 is 1.35 bits per heavy atom. The molecule has 0 heterocycles. The SMILES string of the molecule is CCC(O)(CC)COc1ccccc1C(N)=O. The van der Waals surface area contributed by atoms with E-state index in [1.807, 2.05) is 13.8 Å². The molecule has 0 aliphatic rings. The Labute approximate surface area is 101 Å². The van der Waals surface area contributed by atoms with Crippen molar-refractivity contribution in [1.82, 2.24) is 0 Å². The van der Waals surface area contributed by atoms with Crippen LogP contribution in [0.15, 0.2) is 24.3 Å². The van der Waals surface area contributed by atoms with Crippen molar-refractivity contribution >= 4 is 5.91 Å². The number of aliphatic hydroxyl groups is 1. The Kier molecular flexibility index (Phi) is 4.52. The van der Waals surface area contributed by atoms with Crippen LogP contribution >= 0.6 is 0 Å². The van der Waals surface area contributed by atoms with Crippen LogP contribution in [0.5, 0.6) is 5.75 Å². The number of hydrogen-bond acceptors (Lipinski definition) is 3. The lowest BCUT2D eigenvalue weighted by Gasteiger charge is -2.25. The van der Waals surface area contributed by atoms with E-state index in [1.54, 1.807) is 24.3 Å². The van der Waals surface area contributed by atoms with Crippen LogP contribution in [-0.4, -0.2) is 23.2 Å². The van der Waals surface area contributed by atoms with Gasteiger partial charge in [-0.3, -0.25) is 4.79 Å². The Balaban J connectivity index is 2.79. The maximum atomic E-state index is 11.2. The monoisotopic (exact) mass is 237 g/mol. The molecule has 4 heteroatoms. The summed E-state index contributed by atoms with van der Waals surface area (Å²) < 4.78 is 5.49. The van der Waals surface area contributed by atoms with Gasteiger partial charge in [-0.15, -0.1) is 0 Å². The normalized spacial score (nSPS) is 11.2. The van der Waals surface area contributed by atoms with Crippen molar-refractivity contribution in [1.29, 1.82) is 0 Å². The molecule has 0 aliphatic carbocycles. The second kappa shape index (κ2) is 5.68. The van der Waals surface area contributed by atoms with Crippen molar-refractivity contribution in [2.75, 3.05) is 6.61 Å². The van der Waals surface area contributed by atoms with E-state index in [2.05, 4.69) is 0 Å². The molecule has 0 aliphatic heterocycles. The molecule has 0 saturated heterocycles. The number of primary amides is 1. The third kappa shape index (κ3) is 3.46. The summed E-state index contributed by atoms with van der Waals surface area (Å²) in [6.45, 7) is 3.95. The second-order valence-electron chi connectivity index (χ2n) is 4.08. The van der Waals surface area contributed by atoms with Crippen LogP contribution in [0.1, 0.15) is 37.0 Å². The Morgan fingerprint density at radius 2 is 1.94 bits per heavy atom. The van der Waals surface area contributed by atoms with Crippen LogP contribution in [0.4, 0.5) is 0 Å². The van der Waals surface area contributed by atoms with Gasteiger partial charge in [0.2, 0.25) is 0 Å². The molecule has 1 aromatic rings. The van der Waals surface area contributed by atoms with E-state index >= 15 is 0 Å². The first-order chi connectivity index (χ1) is 8.02. The molecule has 0 aromatic heterocycles. The lowest BCUT2D eigenvalue weighted by atomic mass is 9.99. The number of ether oxygens (including phenoxy) is 1. The zero-order valence-electron chi connectivity index (χ0n) is 10.3. The van der Waals surface area contributed by atoms with Gasteiger partial charge in [0.1, 0.15) is 12.4 Å². The molecular weight excluding hydrogens is 218 g/mol. The van der Waals surface area contributed by atoms with E-state index in [4.69, 9.17) is 10.5 Å². The summed E-state index contributed by atoms with van der Waals surface area (Å²) >= 11 is 0. The quantitative estimate of drug-likeness (QED) is 0.791. The number of hydrogen-bond donors (Lipinski definition) is 2. The first-order valence-electron chi connectivity index (χ1n) is 5.76. The average Bonchev–Trinajstić information content (AvgIpc) is 2.36. The molecule has 3 N–H and O–H groups in total. The van der Waals surface area contributed by atoms with Crippen LogP contribution in [0.3, 0.4) is 0 Å². The highest BCUT2D eigenvalue weighted by atomic mass is 16.5. The van der Waals surface area contributed by atoms with Crippen molar-refractivity contribution in [3.63, 3.8) is 0 Å². The maximum absolute atomic E-state index is 11.2. The highest BCUT2D eigenvalue weighted by molar-refractivity contribution is 5.95. The van der Waals surface area contributed by atoms with Crippen molar-refractivity contribution in [2.45, 2.75) is 32.3 Å². The molecular formula is C13H19NO3. The number of carbonyl (C=O) groups excluding carboxylic acids is 1. The molecule has 0 spiro atoms. The standard InChI is InChI=1S/C13H19NO3/c1-3-13(16,4-2)9-17-11-8-6-5-7-10(11)12(14)15/h5-8,16H,3-4,9H2,1-2H3,(H2,14,15). The van der Waals surface area contributed by atoms with Gasteiger partial charge in [-0.2, -0.15) is 0 Å². The van der Waals surface area contributed by atoms with Gasteiger partial charge >= 0.3 is 0 Å². The largest absolute Gasteiger partial charge is 0.490 e. The maximum Gasteiger partial charge on any atom is 0.252 e. The summed E-state index contributed by atoms with van der Waals surface area (Å²) in [7, 11) is 0. The summed E-state index contributed by atoms with van der Waals surface area (Å²) in [6, 6.07) is 6.76. The number of benzene rings is 1. The van der Waals surface area contributed by atoms with Gasteiger partial charge in [0.25, 0.3) is 5.91 Å². The molecule has 4 nitrogen and oxygen atoms in total. The molecule has 17 heavy (non-hydrogen) atoms. The average molecular weight is 237 g/mol. The van der Waals surface area contributed by atoms with Crippen LogP contribution in [0, 0.1) is 0 Å². The van der Waals surface area contributed by atoms with Crippen LogP contribution in [0.25, 0.3) is 0 Å². The van der Waals surface area contributed by atoms with Gasteiger partial charge in [-0.25, -0.2) is 0 Å². The fourth-order valence-corrected chi connectivity index (χ4v) is 1.46. The van der Waals surface area contributed by atoms with Crippen LogP contribution < -0.4 is 10.5 Å². The molecule has 0 radical (unpaired) electrons. The second-order valence-corrected chi connectivity index (χ2v) is 4.08. The fourth-order valence-electron chi connectivity index (χ4n) is 1.46. The molecule has 94 valence electrons. The highest BCUT2D eigenvalue weighted by Crippen LogP contribution is 2.21. The summed E-state index contributed by atoms with van der Waals surface area (Å²) in [4.78, 5) is 11.2. The summed E-state index contributed by atoms with van der Waals surface area (Å²) in [5.74, 6) is -0.113. The zero-order valence-corrected chi connectivity index (χ0v) is 10.3. The number of carbonyl (C=O) groups is 1. The predicted octanol–water partition coefficient (Wildman–Crippen LogP) is 1.72. The molecule has 0 saturated carbocycles. The third-order valence-electron chi connectivity index (χ3n) is 2.97. The molecule has 1 amide bonds. The van der Waals surface area contributed by atoms with Gasteiger partial charge in [-0.05, 0) is 25.0 Å². The minimum Gasteiger partial charge on any atom is -0.490 e. The number of para-hydroxylation sites is 1. The van der Waals surface area contributed by atoms with Crippen molar-refractivity contribution in [3.8, 4) is 5.75 Å². The summed E-state index contributed by atoms with van der Waals surface area (Å²) in [5, 5.41) is 10.1. The van der Waals surface area contributed by atoms with E-state index in [0.717, 1.165) is 0 Å². The predicted molar refractivity (Wildman–Crippen MR) is 66.0 cm³/mol. The van der Waals surface area contributed by atoms with Gasteiger partial charge in [0.15, 0.2) is 0 Å². The smallest absolute Gasteiger partial charge is 0.252 e. The fraction of sp³-hybridized carbons (Fsp3) is 0.462. The topological polar surface area (TPSA) is 72.6 Å². The Hall–Kier alpha value is -1.55. The van der Waals surface area contributed by atoms with E-state index in [0.29, 0.717) is 24.2 Å². The van der Waals surface area contributed by atoms with Crippen molar-refractivity contribution in [3.05, 3.63) is 29.8 Å². The lowest BCUT2D eigenvalue weighted by molar-refractivity contribution is -0.0115. The van der Waals surface area contributed by atoms with Crippen molar-refractivity contribution < 1.29 is 14.6 Å². The minimum absolute atomic E-state index is 0.157. The van der Waals surface area contributed by atoms with Crippen molar-refractivity contribution in [2.24, 2.45) is 5.73 Å². The highest BCUT2D eigenvalue weighted by Gasteiger charge is 2.23. The Morgan fingerprint density at radius 3 is 2.47 bits per heavy atom. The minimum atomic E-state index is -0.856. The first kappa shape index (κ1) is 13.5. The number of nitrogens with two attached hydrogens (primary N) is 1. The first-order valence-corrected chi connectivity index (χ1v) is 5.76. The van der Waals surface area contributed by atoms with E-state index in [-0.39, 0.29) is 6.61 Å². The van der Waals surface area contributed by atoms with E-state index < -0.39 is 11.5 Å². The number of rotatable bonds is 6. The van der Waals surface area contributed by atoms with Gasteiger partial charge in [0.05, 0.1) is 11.2 Å². The van der Waals surface area contributed by atoms with E-state index in [9.17, 15) is 9.90 Å². The van der Waals surface area contributed by atoms with Gasteiger partial charge in [-0.1, -0.05) is 26.0 Å². The molecule has 1 rings (SSSR count). The molecule has 0 atom stereocenters. The van der Waals surface area contributed by atoms with Crippen LogP contribution in [-0.2, 0) is 0 Å². The molecule has 0 unspecified atom stereocenters. The molecule has 1 aromatic carbocycles. The lowest BCUT2D eigenvalue weighted by Crippen LogP contribution is -2.34. The van der Waals surface area contributed by atoms with Crippen LogP contribution in [0.2, 0.25) is 0 Å². The summed E-state index contributed by atoms with van der Waals surface area (Å²) in [5.41, 5.74) is 4.72. The zero-order chi connectivity index (χ0) is 12.9. The summed E-state index contributed by atoms with van der Waals surface area (Å²) in [6.07, 6.45) is 1.20. The molecule has 0 fully saturated rings. The van der Waals surface area contributed by atoms with Gasteiger partial charge in [0, 0.05) is 0 Å². The Bertz CT molecular complexity index is 386.